The van der Waals surface area contributed by atoms with Crippen molar-refractivity contribution < 1.29 is 4.79 Å². The smallest absolute Gasteiger partial charge is 0.153 e. The molecule has 1 heterocycles. The molecule has 0 atom stereocenters. The summed E-state index contributed by atoms with van der Waals surface area (Å²) in [7, 11) is 0. The molecule has 0 amide bonds. The highest BCUT2D eigenvalue weighted by molar-refractivity contribution is 6.41. The van der Waals surface area contributed by atoms with Crippen molar-refractivity contribution in [2.45, 2.75) is 0 Å². The molecule has 18 heavy (non-hydrogen) atoms. The number of pyridine rings is 1. The third-order valence-electron chi connectivity index (χ3n) is 2.37. The Bertz CT molecular complexity index is 606. The van der Waals surface area contributed by atoms with Crippen LogP contribution in [-0.4, -0.2) is 11.3 Å². The van der Waals surface area contributed by atoms with Crippen LogP contribution in [0.3, 0.4) is 0 Å². The zero-order chi connectivity index (χ0) is 13.3. The van der Waals surface area contributed by atoms with Gasteiger partial charge in [0.2, 0.25) is 0 Å². The van der Waals surface area contributed by atoms with E-state index in [2.05, 4.69) is 4.98 Å². The Balaban J connectivity index is 2.66. The number of carbonyl (C=O) groups excluding carboxylic acids is 1. The number of halogens is 3. The molecular formula is C12H7Cl3N2O. The maximum atomic E-state index is 10.8. The number of aromatic nitrogens is 1. The van der Waals surface area contributed by atoms with Crippen LogP contribution in [0.4, 0.5) is 5.82 Å². The van der Waals surface area contributed by atoms with Gasteiger partial charge in [-0.25, -0.2) is 4.98 Å². The summed E-state index contributed by atoms with van der Waals surface area (Å²) in [5, 5.41) is 1.21. The summed E-state index contributed by atoms with van der Waals surface area (Å²) in [6.07, 6.45) is 2.13. The van der Waals surface area contributed by atoms with Gasteiger partial charge in [0.1, 0.15) is 5.82 Å². The van der Waals surface area contributed by atoms with Crippen LogP contribution in [0, 0.1) is 0 Å². The Morgan fingerprint density at radius 3 is 2.28 bits per heavy atom. The third kappa shape index (κ3) is 2.43. The van der Waals surface area contributed by atoms with Gasteiger partial charge in [-0.2, -0.15) is 0 Å². The first-order valence-corrected chi connectivity index (χ1v) is 6.02. The van der Waals surface area contributed by atoms with E-state index in [1.807, 2.05) is 0 Å². The largest absolute Gasteiger partial charge is 0.383 e. The van der Waals surface area contributed by atoms with Crippen LogP contribution in [0.25, 0.3) is 11.1 Å². The number of rotatable bonds is 2. The first-order valence-electron chi connectivity index (χ1n) is 4.88. The van der Waals surface area contributed by atoms with Gasteiger partial charge < -0.3 is 5.73 Å². The fourth-order valence-corrected chi connectivity index (χ4v) is 2.58. The van der Waals surface area contributed by atoms with Gasteiger partial charge >= 0.3 is 0 Å². The summed E-state index contributed by atoms with van der Waals surface area (Å²) < 4.78 is 0. The van der Waals surface area contributed by atoms with E-state index in [4.69, 9.17) is 40.5 Å². The molecule has 1 aromatic carbocycles. The summed E-state index contributed by atoms with van der Waals surface area (Å²) in [5.41, 5.74) is 7.01. The van der Waals surface area contributed by atoms with E-state index in [-0.39, 0.29) is 11.4 Å². The molecule has 1 aromatic heterocycles. The average molecular weight is 302 g/mol. The van der Waals surface area contributed by atoms with Crippen LogP contribution in [0.1, 0.15) is 10.4 Å². The van der Waals surface area contributed by atoms with Gasteiger partial charge in [0.05, 0.1) is 15.6 Å². The minimum atomic E-state index is 0.162. The summed E-state index contributed by atoms with van der Waals surface area (Å²) in [6.45, 7) is 0. The fraction of sp³-hybridized carbons (Fsp3) is 0. The molecule has 0 spiro atoms. The summed E-state index contributed by atoms with van der Waals surface area (Å²) in [6, 6.07) is 4.72. The molecule has 0 radical (unpaired) electrons. The summed E-state index contributed by atoms with van der Waals surface area (Å²) in [5.74, 6) is 0.162. The standard InChI is InChI=1S/C12H7Cl3N2O/c13-8-2-9(14)11(10(15)3-8)6-1-7(5-18)12(16)17-4-6/h1-5H,(H2,16,17). The van der Waals surface area contributed by atoms with Crippen LogP contribution in [0.15, 0.2) is 24.4 Å². The van der Waals surface area contributed by atoms with Gasteiger partial charge in [0, 0.05) is 22.3 Å². The van der Waals surface area contributed by atoms with E-state index in [1.54, 1.807) is 18.2 Å². The van der Waals surface area contributed by atoms with Crippen molar-refractivity contribution in [3.05, 3.63) is 45.0 Å². The quantitative estimate of drug-likeness (QED) is 0.849. The minimum absolute atomic E-state index is 0.162. The van der Waals surface area contributed by atoms with Gasteiger partial charge in [-0.1, -0.05) is 34.8 Å². The molecule has 2 rings (SSSR count). The van der Waals surface area contributed by atoms with Crippen LogP contribution >= 0.6 is 34.8 Å². The number of nitrogens with zero attached hydrogens (tertiary/aromatic N) is 1. The van der Waals surface area contributed by atoms with Crippen molar-refractivity contribution in [2.75, 3.05) is 5.73 Å². The number of hydrogen-bond donors (Lipinski definition) is 1. The van der Waals surface area contributed by atoms with E-state index in [1.165, 1.54) is 6.20 Å². The lowest BCUT2D eigenvalue weighted by molar-refractivity contribution is 0.112. The van der Waals surface area contributed by atoms with Crippen LogP contribution in [0.2, 0.25) is 15.1 Å². The average Bonchev–Trinajstić information content (AvgIpc) is 2.30. The van der Waals surface area contributed by atoms with Crippen molar-refractivity contribution >= 4 is 46.9 Å². The first-order chi connectivity index (χ1) is 8.52. The molecule has 2 N–H and O–H groups in total. The lowest BCUT2D eigenvalue weighted by atomic mass is 10.1. The van der Waals surface area contributed by atoms with Crippen molar-refractivity contribution in [3.8, 4) is 11.1 Å². The number of nitrogens with two attached hydrogens (primary N) is 1. The predicted octanol–water partition coefficient (Wildman–Crippen LogP) is 4.10. The monoisotopic (exact) mass is 300 g/mol. The second kappa shape index (κ2) is 5.14. The minimum Gasteiger partial charge on any atom is -0.383 e. The molecular weight excluding hydrogens is 295 g/mol. The van der Waals surface area contributed by atoms with Crippen LogP contribution in [0.5, 0.6) is 0 Å². The van der Waals surface area contributed by atoms with Crippen molar-refractivity contribution in [2.24, 2.45) is 0 Å². The summed E-state index contributed by atoms with van der Waals surface area (Å²) in [4.78, 5) is 14.8. The maximum absolute atomic E-state index is 10.8. The molecule has 0 bridgehead atoms. The molecule has 0 aliphatic heterocycles. The molecule has 2 aromatic rings. The molecule has 0 fully saturated rings. The zero-order valence-corrected chi connectivity index (χ0v) is 11.2. The molecule has 0 aliphatic rings. The van der Waals surface area contributed by atoms with Crippen LogP contribution < -0.4 is 5.73 Å². The second-order valence-corrected chi connectivity index (χ2v) is 4.81. The lowest BCUT2D eigenvalue weighted by Gasteiger charge is -2.09. The van der Waals surface area contributed by atoms with Crippen molar-refractivity contribution in [1.29, 1.82) is 0 Å². The Hall–Kier alpha value is -1.29. The van der Waals surface area contributed by atoms with E-state index >= 15 is 0 Å². The summed E-state index contributed by atoms with van der Waals surface area (Å²) >= 11 is 18.0. The Morgan fingerprint density at radius 2 is 1.72 bits per heavy atom. The van der Waals surface area contributed by atoms with Crippen molar-refractivity contribution in [1.82, 2.24) is 4.98 Å². The van der Waals surface area contributed by atoms with E-state index in [0.29, 0.717) is 32.5 Å². The zero-order valence-electron chi connectivity index (χ0n) is 8.95. The normalized spacial score (nSPS) is 10.4. The number of carbonyl (C=O) groups is 1. The Morgan fingerprint density at radius 1 is 1.11 bits per heavy atom. The maximum Gasteiger partial charge on any atom is 0.153 e. The van der Waals surface area contributed by atoms with Gasteiger partial charge in [0.15, 0.2) is 6.29 Å². The fourth-order valence-electron chi connectivity index (χ4n) is 1.54. The second-order valence-electron chi connectivity index (χ2n) is 3.56. The lowest BCUT2D eigenvalue weighted by Crippen LogP contribution is -1.97. The molecule has 92 valence electrons. The van der Waals surface area contributed by atoms with Crippen molar-refractivity contribution in [3.63, 3.8) is 0 Å². The van der Waals surface area contributed by atoms with E-state index in [0.717, 1.165) is 0 Å². The SMILES string of the molecule is Nc1ncc(-c2c(Cl)cc(Cl)cc2Cl)cc1C=O. The number of anilines is 1. The number of benzene rings is 1. The molecule has 0 unspecified atom stereocenters. The van der Waals surface area contributed by atoms with E-state index < -0.39 is 0 Å². The molecule has 6 heteroatoms. The Kier molecular flexibility index (Phi) is 3.76. The Labute approximate surface area is 118 Å². The highest BCUT2D eigenvalue weighted by atomic mass is 35.5. The predicted molar refractivity (Wildman–Crippen MR) is 74.5 cm³/mol. The van der Waals surface area contributed by atoms with Crippen LogP contribution in [-0.2, 0) is 0 Å². The van der Waals surface area contributed by atoms with Gasteiger partial charge in [0.25, 0.3) is 0 Å². The molecule has 0 saturated heterocycles. The number of aldehydes is 1. The molecule has 0 saturated carbocycles. The molecule has 0 aliphatic carbocycles. The van der Waals surface area contributed by atoms with E-state index in [9.17, 15) is 4.79 Å². The van der Waals surface area contributed by atoms with Gasteiger partial charge in [-0.15, -0.1) is 0 Å². The highest BCUT2D eigenvalue weighted by Crippen LogP contribution is 2.37. The number of nitrogen functional groups attached to an aromatic ring is 1. The number of hydrogen-bond acceptors (Lipinski definition) is 3. The van der Waals surface area contributed by atoms with Gasteiger partial charge in [-0.3, -0.25) is 4.79 Å². The molecule has 3 nitrogen and oxygen atoms in total. The van der Waals surface area contributed by atoms with Gasteiger partial charge in [-0.05, 0) is 18.2 Å². The third-order valence-corrected chi connectivity index (χ3v) is 3.19. The topological polar surface area (TPSA) is 56.0 Å². The highest BCUT2D eigenvalue weighted by Gasteiger charge is 2.12. The first kappa shape index (κ1) is 13.1.